The Morgan fingerprint density at radius 2 is 1.78 bits per heavy atom. The van der Waals surface area contributed by atoms with Gasteiger partial charge in [-0.15, -0.1) is 0 Å². The Kier molecular flexibility index (Phi) is 9.81. The van der Waals surface area contributed by atoms with Crippen LogP contribution in [0.1, 0.15) is 55.2 Å². The van der Waals surface area contributed by atoms with Gasteiger partial charge in [-0.1, -0.05) is 41.9 Å². The van der Waals surface area contributed by atoms with Gasteiger partial charge in [0.05, 0.1) is 37.5 Å². The molecular formula is C24H31ClN2O5. The number of nitrogens with two attached hydrogens (primary N) is 1. The van der Waals surface area contributed by atoms with Crippen LogP contribution >= 0.6 is 11.6 Å². The SMILES string of the molecule is CCOc1cc(C(C)N(CCOCc2ccccc2)C(N)=O)c(Cl)c(OCC)c1C(C)=O. The minimum absolute atomic E-state index is 0.223. The number of primary amides is 1. The number of Topliss-reactive ketones (excluding diaryl/α,β-unsaturated/α-hetero) is 1. The minimum atomic E-state index is -0.608. The lowest BCUT2D eigenvalue weighted by Gasteiger charge is -2.30. The third-order valence-corrected chi connectivity index (χ3v) is 5.33. The fourth-order valence-corrected chi connectivity index (χ4v) is 3.77. The fraction of sp³-hybridized carbons (Fsp3) is 0.417. The summed E-state index contributed by atoms with van der Waals surface area (Å²) in [6.07, 6.45) is 0. The molecule has 174 valence electrons. The second-order valence-corrected chi connectivity index (χ2v) is 7.53. The van der Waals surface area contributed by atoms with Crippen molar-refractivity contribution >= 4 is 23.4 Å². The van der Waals surface area contributed by atoms with E-state index >= 15 is 0 Å². The van der Waals surface area contributed by atoms with Gasteiger partial charge in [0.25, 0.3) is 0 Å². The molecule has 1 atom stereocenters. The molecule has 0 aliphatic rings. The number of carbonyl (C=O) groups excluding carboxylic acids is 2. The average Bonchev–Trinajstić information content (AvgIpc) is 2.76. The Hall–Kier alpha value is -2.77. The van der Waals surface area contributed by atoms with Crippen LogP contribution < -0.4 is 15.2 Å². The standard InChI is InChI=1S/C24H31ClN2O5/c1-5-31-20-14-19(22(25)23(32-6-2)21(20)17(4)28)16(3)27(24(26)29)12-13-30-15-18-10-8-7-9-11-18/h7-11,14,16H,5-6,12-13,15H2,1-4H3,(H2,26,29). The predicted molar refractivity (Wildman–Crippen MR) is 125 cm³/mol. The number of carbonyl (C=O) groups is 2. The van der Waals surface area contributed by atoms with E-state index in [9.17, 15) is 9.59 Å². The molecule has 2 rings (SSSR count). The van der Waals surface area contributed by atoms with Crippen molar-refractivity contribution in [1.82, 2.24) is 4.90 Å². The van der Waals surface area contributed by atoms with Crippen LogP contribution in [0.5, 0.6) is 11.5 Å². The molecule has 0 spiro atoms. The molecule has 0 saturated heterocycles. The highest BCUT2D eigenvalue weighted by Crippen LogP contribution is 2.42. The van der Waals surface area contributed by atoms with Crippen LogP contribution in [0.2, 0.25) is 5.02 Å². The number of hydrogen-bond acceptors (Lipinski definition) is 5. The molecule has 8 heteroatoms. The first-order chi connectivity index (χ1) is 15.3. The molecular weight excluding hydrogens is 432 g/mol. The van der Waals surface area contributed by atoms with Gasteiger partial charge in [0, 0.05) is 12.1 Å². The lowest BCUT2D eigenvalue weighted by atomic mass is 10.0. The van der Waals surface area contributed by atoms with E-state index in [0.717, 1.165) is 5.56 Å². The number of benzene rings is 2. The van der Waals surface area contributed by atoms with E-state index in [1.807, 2.05) is 44.2 Å². The molecule has 0 aromatic heterocycles. The highest BCUT2D eigenvalue weighted by atomic mass is 35.5. The second kappa shape index (κ2) is 12.3. The van der Waals surface area contributed by atoms with Crippen LogP contribution in [0.25, 0.3) is 0 Å². The molecule has 0 heterocycles. The van der Waals surface area contributed by atoms with Gasteiger partial charge < -0.3 is 24.8 Å². The molecule has 0 bridgehead atoms. The summed E-state index contributed by atoms with van der Waals surface area (Å²) in [6.45, 7) is 8.52. The zero-order chi connectivity index (χ0) is 23.7. The molecule has 0 radical (unpaired) electrons. The Morgan fingerprint density at radius 1 is 1.12 bits per heavy atom. The van der Waals surface area contributed by atoms with Crippen molar-refractivity contribution < 1.29 is 23.8 Å². The maximum Gasteiger partial charge on any atom is 0.315 e. The van der Waals surface area contributed by atoms with E-state index in [2.05, 4.69) is 0 Å². The van der Waals surface area contributed by atoms with E-state index in [4.69, 9.17) is 31.5 Å². The number of rotatable bonds is 12. The molecule has 2 N–H and O–H groups in total. The third kappa shape index (κ3) is 6.37. The van der Waals surface area contributed by atoms with E-state index < -0.39 is 12.1 Å². The molecule has 2 aromatic rings. The van der Waals surface area contributed by atoms with Gasteiger partial charge in [-0.2, -0.15) is 0 Å². The maximum atomic E-state index is 12.3. The molecule has 1 unspecified atom stereocenters. The van der Waals surface area contributed by atoms with E-state index in [1.54, 1.807) is 13.0 Å². The fourth-order valence-electron chi connectivity index (χ4n) is 3.41. The number of nitrogens with zero attached hydrogens (tertiary/aromatic N) is 1. The molecule has 2 aromatic carbocycles. The van der Waals surface area contributed by atoms with Gasteiger partial charge in [-0.05, 0) is 39.3 Å². The molecule has 0 fully saturated rings. The Morgan fingerprint density at radius 3 is 2.34 bits per heavy atom. The van der Waals surface area contributed by atoms with E-state index in [1.165, 1.54) is 11.8 Å². The zero-order valence-corrected chi connectivity index (χ0v) is 19.8. The molecule has 0 aliphatic heterocycles. The van der Waals surface area contributed by atoms with Crippen molar-refractivity contribution in [2.24, 2.45) is 5.73 Å². The van der Waals surface area contributed by atoms with Crippen LogP contribution in [0, 0.1) is 0 Å². The third-order valence-electron chi connectivity index (χ3n) is 4.94. The first-order valence-electron chi connectivity index (χ1n) is 10.6. The highest BCUT2D eigenvalue weighted by molar-refractivity contribution is 6.33. The van der Waals surface area contributed by atoms with E-state index in [-0.39, 0.29) is 28.7 Å². The first kappa shape index (κ1) is 25.5. The predicted octanol–water partition coefficient (Wildman–Crippen LogP) is 5.00. The number of amides is 2. The van der Waals surface area contributed by atoms with Crippen molar-refractivity contribution in [2.75, 3.05) is 26.4 Å². The summed E-state index contributed by atoms with van der Waals surface area (Å²) in [7, 11) is 0. The normalized spacial score (nSPS) is 11.7. The molecule has 2 amide bonds. The van der Waals surface area contributed by atoms with Gasteiger partial charge in [0.15, 0.2) is 11.5 Å². The van der Waals surface area contributed by atoms with E-state index in [0.29, 0.717) is 37.7 Å². The van der Waals surface area contributed by atoms with Gasteiger partial charge >= 0.3 is 6.03 Å². The maximum absolute atomic E-state index is 12.3. The van der Waals surface area contributed by atoms with Crippen LogP contribution in [-0.4, -0.2) is 43.1 Å². The van der Waals surface area contributed by atoms with Crippen molar-refractivity contribution in [2.45, 2.75) is 40.3 Å². The highest BCUT2D eigenvalue weighted by Gasteiger charge is 2.28. The van der Waals surface area contributed by atoms with Gasteiger partial charge in [0.2, 0.25) is 0 Å². The van der Waals surface area contributed by atoms with Crippen LogP contribution in [0.3, 0.4) is 0 Å². The number of ketones is 1. The quantitative estimate of drug-likeness (QED) is 0.354. The second-order valence-electron chi connectivity index (χ2n) is 7.15. The summed E-state index contributed by atoms with van der Waals surface area (Å²) in [4.78, 5) is 26.0. The van der Waals surface area contributed by atoms with Crippen LogP contribution in [0.15, 0.2) is 36.4 Å². The molecule has 0 aliphatic carbocycles. The number of ether oxygens (including phenoxy) is 3. The Labute approximate surface area is 194 Å². The van der Waals surface area contributed by atoms with Gasteiger partial charge in [0.1, 0.15) is 11.3 Å². The van der Waals surface area contributed by atoms with Crippen molar-refractivity contribution in [3.63, 3.8) is 0 Å². The van der Waals surface area contributed by atoms with Crippen LogP contribution in [0.4, 0.5) is 4.79 Å². The first-order valence-corrected chi connectivity index (χ1v) is 11.0. The number of halogens is 1. The van der Waals surface area contributed by atoms with Crippen molar-refractivity contribution in [1.29, 1.82) is 0 Å². The molecule has 0 saturated carbocycles. The summed E-state index contributed by atoms with van der Waals surface area (Å²) in [5, 5.41) is 0.254. The van der Waals surface area contributed by atoms with Gasteiger partial charge in [-0.25, -0.2) is 4.79 Å². The summed E-state index contributed by atoms with van der Waals surface area (Å²) >= 11 is 6.65. The lowest BCUT2D eigenvalue weighted by molar-refractivity contribution is 0.0914. The van der Waals surface area contributed by atoms with Crippen LogP contribution in [-0.2, 0) is 11.3 Å². The minimum Gasteiger partial charge on any atom is -0.493 e. The smallest absolute Gasteiger partial charge is 0.315 e. The Balaban J connectivity index is 2.29. The number of urea groups is 1. The van der Waals surface area contributed by atoms with Crippen molar-refractivity contribution in [3.05, 3.63) is 58.1 Å². The monoisotopic (exact) mass is 462 g/mol. The Bertz CT molecular complexity index is 920. The summed E-state index contributed by atoms with van der Waals surface area (Å²) in [6, 6.07) is 10.3. The summed E-state index contributed by atoms with van der Waals surface area (Å²) in [5.41, 5.74) is 7.56. The van der Waals surface area contributed by atoms with Gasteiger partial charge in [-0.3, -0.25) is 4.79 Å². The summed E-state index contributed by atoms with van der Waals surface area (Å²) in [5.74, 6) is 0.387. The number of hydrogen-bond donors (Lipinski definition) is 1. The van der Waals surface area contributed by atoms with Crippen molar-refractivity contribution in [3.8, 4) is 11.5 Å². The lowest BCUT2D eigenvalue weighted by Crippen LogP contribution is -2.40. The molecule has 7 nitrogen and oxygen atoms in total. The largest absolute Gasteiger partial charge is 0.493 e. The average molecular weight is 463 g/mol. The topological polar surface area (TPSA) is 91.1 Å². The summed E-state index contributed by atoms with van der Waals surface area (Å²) < 4.78 is 17.1. The molecule has 32 heavy (non-hydrogen) atoms. The zero-order valence-electron chi connectivity index (χ0n) is 19.0.